The molecule has 0 bridgehead atoms. The van der Waals surface area contributed by atoms with Crippen LogP contribution < -0.4 is 11.1 Å². The highest BCUT2D eigenvalue weighted by Crippen LogP contribution is 2.23. The zero-order chi connectivity index (χ0) is 19.2. The van der Waals surface area contributed by atoms with Crippen LogP contribution in [0.1, 0.15) is 20.8 Å². The number of nitrogens with one attached hydrogen (secondary N) is 1. The summed E-state index contributed by atoms with van der Waals surface area (Å²) < 4.78 is 7.09. The molecule has 0 aliphatic carbocycles. The molecule has 136 valence electrons. The molecule has 0 atom stereocenters. The van der Waals surface area contributed by atoms with Crippen molar-refractivity contribution in [2.24, 2.45) is 0 Å². The molecule has 0 spiro atoms. The first kappa shape index (κ1) is 22.6. The van der Waals surface area contributed by atoms with Crippen LogP contribution in [0.15, 0.2) is 36.4 Å². The molecule has 0 aromatic heterocycles. The van der Waals surface area contributed by atoms with Gasteiger partial charge in [0.05, 0.1) is 10.0 Å². The molecule has 2 aromatic rings. The number of ether oxygens (including phenoxy) is 1. The van der Waals surface area contributed by atoms with Crippen molar-refractivity contribution in [3.05, 3.63) is 53.6 Å². The number of anilines is 2. The van der Waals surface area contributed by atoms with E-state index >= 15 is 0 Å². The third-order valence-corrected chi connectivity index (χ3v) is 5.65. The van der Waals surface area contributed by atoms with Crippen molar-refractivity contribution in [3.8, 4) is 0 Å². The van der Waals surface area contributed by atoms with E-state index in [0.29, 0.717) is 16.4 Å². The van der Waals surface area contributed by atoms with Gasteiger partial charge in [-0.05, 0) is 102 Å². The third kappa shape index (κ3) is 9.16. The number of hydrogen-bond donors (Lipinski definition) is 2. The van der Waals surface area contributed by atoms with Gasteiger partial charge in [-0.15, -0.1) is 0 Å². The number of amides is 1. The van der Waals surface area contributed by atoms with E-state index in [1.54, 1.807) is 18.2 Å². The molecular weight excluding hydrogens is 589 g/mol. The number of carbonyl (C=O) groups is 1. The Labute approximate surface area is 185 Å². The minimum absolute atomic E-state index is 0.482. The molecule has 0 saturated heterocycles. The van der Waals surface area contributed by atoms with Crippen molar-refractivity contribution in [1.29, 1.82) is 0 Å². The summed E-state index contributed by atoms with van der Waals surface area (Å²) in [6, 6.07) is 10.7. The molecular formula is C17H18Cl2I2N2O2. The van der Waals surface area contributed by atoms with E-state index < -0.39 is 11.7 Å². The summed E-state index contributed by atoms with van der Waals surface area (Å²) in [5.74, 6) is 0. The second kappa shape index (κ2) is 10.0. The average Bonchev–Trinajstić information content (AvgIpc) is 2.46. The van der Waals surface area contributed by atoms with Gasteiger partial charge in [-0.3, -0.25) is 5.32 Å². The summed E-state index contributed by atoms with van der Waals surface area (Å²) in [4.78, 5) is 11.4. The molecule has 4 nitrogen and oxygen atoms in total. The Kier molecular flexibility index (Phi) is 9.07. The quantitative estimate of drug-likeness (QED) is 0.277. The molecule has 1 amide bonds. The van der Waals surface area contributed by atoms with Gasteiger partial charge in [0.15, 0.2) is 0 Å². The van der Waals surface area contributed by atoms with Gasteiger partial charge in [-0.1, -0.05) is 23.2 Å². The number of rotatable bonds is 1. The van der Waals surface area contributed by atoms with Crippen molar-refractivity contribution < 1.29 is 9.53 Å². The zero-order valence-electron chi connectivity index (χ0n) is 13.9. The Morgan fingerprint density at radius 3 is 2.00 bits per heavy atom. The molecule has 3 N–H and O–H groups in total. The van der Waals surface area contributed by atoms with Crippen LogP contribution in [-0.4, -0.2) is 11.7 Å². The number of carbonyl (C=O) groups excluding carboxylic acids is 1. The van der Waals surface area contributed by atoms with Crippen molar-refractivity contribution in [1.82, 2.24) is 0 Å². The highest BCUT2D eigenvalue weighted by molar-refractivity contribution is 14.1. The Balaban J connectivity index is 0.000000293. The highest BCUT2D eigenvalue weighted by atomic mass is 127. The van der Waals surface area contributed by atoms with Crippen LogP contribution in [0.5, 0.6) is 0 Å². The fourth-order valence-electron chi connectivity index (χ4n) is 1.51. The van der Waals surface area contributed by atoms with Gasteiger partial charge < -0.3 is 10.5 Å². The topological polar surface area (TPSA) is 64.3 Å². The molecule has 0 radical (unpaired) electrons. The second-order valence-corrected chi connectivity index (χ2v) is 9.07. The van der Waals surface area contributed by atoms with Crippen LogP contribution >= 0.6 is 68.4 Å². The van der Waals surface area contributed by atoms with Gasteiger partial charge in [-0.2, -0.15) is 0 Å². The van der Waals surface area contributed by atoms with Crippen LogP contribution in [0.2, 0.25) is 10.0 Å². The lowest BCUT2D eigenvalue weighted by atomic mass is 10.2. The van der Waals surface area contributed by atoms with E-state index in [2.05, 4.69) is 50.5 Å². The maximum atomic E-state index is 11.4. The van der Waals surface area contributed by atoms with Crippen molar-refractivity contribution in [2.45, 2.75) is 26.4 Å². The Bertz CT molecular complexity index is 750. The lowest BCUT2D eigenvalue weighted by Gasteiger charge is -2.19. The summed E-state index contributed by atoms with van der Waals surface area (Å²) in [5.41, 5.74) is 6.27. The van der Waals surface area contributed by atoms with E-state index in [0.717, 1.165) is 12.2 Å². The number of halogens is 4. The number of nitrogen functional groups attached to an aromatic ring is 1. The van der Waals surface area contributed by atoms with Crippen LogP contribution in [0.3, 0.4) is 0 Å². The third-order valence-electron chi connectivity index (χ3n) is 2.51. The van der Waals surface area contributed by atoms with Gasteiger partial charge in [-0.25, -0.2) is 4.79 Å². The van der Waals surface area contributed by atoms with E-state index in [-0.39, 0.29) is 0 Å². The molecule has 2 aromatic carbocycles. The molecule has 0 fully saturated rings. The zero-order valence-corrected chi connectivity index (χ0v) is 19.7. The Morgan fingerprint density at radius 2 is 1.56 bits per heavy atom. The van der Waals surface area contributed by atoms with Gasteiger partial charge >= 0.3 is 6.09 Å². The lowest BCUT2D eigenvalue weighted by molar-refractivity contribution is 0.0636. The number of hydrogen-bond acceptors (Lipinski definition) is 3. The molecule has 0 unspecified atom stereocenters. The fraction of sp³-hybridized carbons (Fsp3) is 0.235. The van der Waals surface area contributed by atoms with Gasteiger partial charge in [0, 0.05) is 18.5 Å². The summed E-state index contributed by atoms with van der Waals surface area (Å²) in [6.45, 7) is 5.44. The molecule has 0 saturated carbocycles. The molecule has 0 aliphatic rings. The monoisotopic (exact) mass is 606 g/mol. The Morgan fingerprint density at radius 1 is 1.04 bits per heavy atom. The van der Waals surface area contributed by atoms with Gasteiger partial charge in [0.2, 0.25) is 0 Å². The van der Waals surface area contributed by atoms with Crippen molar-refractivity contribution in [2.75, 3.05) is 11.1 Å². The number of benzene rings is 2. The summed E-state index contributed by atoms with van der Waals surface area (Å²) in [6.07, 6.45) is -0.482. The maximum absolute atomic E-state index is 11.4. The average molecular weight is 607 g/mol. The first-order chi connectivity index (χ1) is 11.5. The predicted octanol–water partition coefficient (Wildman–Crippen LogP) is 6.82. The summed E-state index contributed by atoms with van der Waals surface area (Å²) in [5, 5.41) is 3.94. The van der Waals surface area contributed by atoms with Crippen LogP contribution in [0.4, 0.5) is 16.2 Å². The van der Waals surface area contributed by atoms with E-state index in [9.17, 15) is 4.79 Å². The normalized spacial score (nSPS) is 10.5. The second-order valence-electron chi connectivity index (χ2n) is 5.93. The SMILES string of the molecule is CC(C)(C)OC(=O)Nc1ccc(I)c(Cl)c1.Nc1ccc(I)c(Cl)c1. The molecule has 8 heteroatoms. The standard InChI is InChI=1S/C11H13ClINO2.C6H5ClIN/c1-11(2,3)16-10(15)14-7-4-5-9(13)8(12)6-7;7-5-3-4(9)1-2-6(5)8/h4-6H,1-3H3,(H,14,15);1-3H,9H2. The first-order valence-electron chi connectivity index (χ1n) is 7.13. The number of nitrogens with two attached hydrogens (primary N) is 1. The summed E-state index contributed by atoms with van der Waals surface area (Å²) in [7, 11) is 0. The smallest absolute Gasteiger partial charge is 0.412 e. The Hall–Kier alpha value is -0.450. The van der Waals surface area contributed by atoms with Crippen LogP contribution in [0.25, 0.3) is 0 Å². The van der Waals surface area contributed by atoms with Gasteiger partial charge in [0.25, 0.3) is 0 Å². The van der Waals surface area contributed by atoms with E-state index in [1.165, 1.54) is 0 Å². The minimum Gasteiger partial charge on any atom is -0.444 e. The first-order valence-corrected chi connectivity index (χ1v) is 10.0. The molecule has 25 heavy (non-hydrogen) atoms. The highest BCUT2D eigenvalue weighted by Gasteiger charge is 2.16. The predicted molar refractivity (Wildman–Crippen MR) is 123 cm³/mol. The van der Waals surface area contributed by atoms with Gasteiger partial charge in [0.1, 0.15) is 5.60 Å². The lowest BCUT2D eigenvalue weighted by Crippen LogP contribution is -2.27. The summed E-state index contributed by atoms with van der Waals surface area (Å²) >= 11 is 15.9. The van der Waals surface area contributed by atoms with Crippen LogP contribution in [-0.2, 0) is 4.74 Å². The van der Waals surface area contributed by atoms with Crippen molar-refractivity contribution >= 4 is 85.9 Å². The molecule has 2 rings (SSSR count). The maximum Gasteiger partial charge on any atom is 0.412 e. The largest absolute Gasteiger partial charge is 0.444 e. The molecule has 0 aliphatic heterocycles. The minimum atomic E-state index is -0.503. The van der Waals surface area contributed by atoms with E-state index in [4.69, 9.17) is 33.7 Å². The van der Waals surface area contributed by atoms with E-state index in [1.807, 2.05) is 39.0 Å². The fourth-order valence-corrected chi connectivity index (χ4v) is 2.55. The molecule has 0 heterocycles. The van der Waals surface area contributed by atoms with Crippen LogP contribution in [0, 0.1) is 7.14 Å². The van der Waals surface area contributed by atoms with Crippen molar-refractivity contribution in [3.63, 3.8) is 0 Å².